The predicted molar refractivity (Wildman–Crippen MR) is 63.6 cm³/mol. The van der Waals surface area contributed by atoms with E-state index in [1.807, 2.05) is 19.1 Å². The fraction of sp³-hybridized carbons (Fsp3) is 0.500. The Kier molecular flexibility index (Phi) is 2.89. The van der Waals surface area contributed by atoms with Gasteiger partial charge in [0.25, 0.3) is 0 Å². The van der Waals surface area contributed by atoms with Crippen molar-refractivity contribution in [1.29, 1.82) is 0 Å². The van der Waals surface area contributed by atoms with Crippen molar-refractivity contribution in [2.75, 3.05) is 11.4 Å². The minimum atomic E-state index is -0.326. The van der Waals surface area contributed by atoms with Crippen molar-refractivity contribution in [2.45, 2.75) is 32.4 Å². The maximum absolute atomic E-state index is 9.73. The number of likely N-dealkylation sites (N-methyl/N-ethyl adjacent to an activating group) is 1. The molecule has 0 saturated heterocycles. The molecule has 15 heavy (non-hydrogen) atoms. The minimum absolute atomic E-state index is 0.171. The van der Waals surface area contributed by atoms with Gasteiger partial charge in [-0.3, -0.25) is 0 Å². The summed E-state index contributed by atoms with van der Waals surface area (Å²) in [5.74, 6) is 0. The molecule has 1 aliphatic rings. The Labute approximate surface area is 95.5 Å². The molecule has 0 aromatic heterocycles. The number of aliphatic hydroxyl groups is 1. The van der Waals surface area contributed by atoms with Gasteiger partial charge >= 0.3 is 0 Å². The first kappa shape index (κ1) is 10.8. The first-order valence-corrected chi connectivity index (χ1v) is 5.75. The van der Waals surface area contributed by atoms with Crippen LogP contribution in [0.15, 0.2) is 18.2 Å². The van der Waals surface area contributed by atoms with Gasteiger partial charge in [-0.25, -0.2) is 0 Å². The third-order valence-corrected chi connectivity index (χ3v) is 3.47. The van der Waals surface area contributed by atoms with Crippen LogP contribution in [0.1, 0.15) is 19.4 Å². The van der Waals surface area contributed by atoms with Gasteiger partial charge in [0, 0.05) is 17.3 Å². The highest BCUT2D eigenvalue weighted by atomic mass is 35.5. The second kappa shape index (κ2) is 4.03. The van der Waals surface area contributed by atoms with E-state index in [4.69, 9.17) is 11.6 Å². The number of rotatable bonds is 2. The highest BCUT2D eigenvalue weighted by Gasteiger charge is 2.32. The van der Waals surface area contributed by atoms with Gasteiger partial charge in [-0.05, 0) is 38.0 Å². The quantitative estimate of drug-likeness (QED) is 0.836. The molecule has 1 aromatic rings. The predicted octanol–water partition coefficient (Wildman–Crippen LogP) is 2.47. The summed E-state index contributed by atoms with van der Waals surface area (Å²) in [5.41, 5.74) is 2.35. The Morgan fingerprint density at radius 2 is 2.33 bits per heavy atom. The molecule has 0 amide bonds. The maximum Gasteiger partial charge on any atom is 0.0718 e. The van der Waals surface area contributed by atoms with E-state index in [1.165, 1.54) is 11.3 Å². The van der Waals surface area contributed by atoms with Crippen molar-refractivity contribution in [3.8, 4) is 0 Å². The van der Waals surface area contributed by atoms with Crippen LogP contribution in [0, 0.1) is 0 Å². The van der Waals surface area contributed by atoms with Crippen LogP contribution in [0.2, 0.25) is 5.02 Å². The summed E-state index contributed by atoms with van der Waals surface area (Å²) in [7, 11) is 0. The summed E-state index contributed by atoms with van der Waals surface area (Å²) in [6.45, 7) is 4.85. The average Bonchev–Trinajstić information content (AvgIpc) is 2.57. The number of hydrogen-bond donors (Lipinski definition) is 1. The maximum atomic E-state index is 9.73. The fourth-order valence-electron chi connectivity index (χ4n) is 2.35. The zero-order valence-corrected chi connectivity index (χ0v) is 9.83. The Morgan fingerprint density at radius 3 is 2.93 bits per heavy atom. The number of aliphatic hydroxyl groups excluding tert-OH is 1. The molecule has 2 unspecified atom stereocenters. The van der Waals surface area contributed by atoms with Crippen LogP contribution in [0.4, 0.5) is 5.69 Å². The Bertz CT molecular complexity index is 365. The molecule has 1 N–H and O–H groups in total. The largest absolute Gasteiger partial charge is 0.391 e. The lowest BCUT2D eigenvalue weighted by Crippen LogP contribution is -2.39. The molecule has 0 aliphatic carbocycles. The highest BCUT2D eigenvalue weighted by Crippen LogP contribution is 2.37. The van der Waals surface area contributed by atoms with E-state index in [0.717, 1.165) is 18.0 Å². The third-order valence-electron chi connectivity index (χ3n) is 3.11. The zero-order valence-electron chi connectivity index (χ0n) is 9.07. The van der Waals surface area contributed by atoms with Crippen LogP contribution < -0.4 is 4.90 Å². The molecule has 0 bridgehead atoms. The Balaban J connectivity index is 2.41. The van der Waals surface area contributed by atoms with Crippen LogP contribution in [0.5, 0.6) is 0 Å². The topological polar surface area (TPSA) is 23.5 Å². The smallest absolute Gasteiger partial charge is 0.0718 e. The van der Waals surface area contributed by atoms with Crippen molar-refractivity contribution < 1.29 is 5.11 Å². The van der Waals surface area contributed by atoms with Crippen LogP contribution in [-0.2, 0) is 6.42 Å². The SMILES string of the molecule is CCN1c2cccc(Cl)c2CC1C(C)O. The average molecular weight is 226 g/mol. The van der Waals surface area contributed by atoms with E-state index in [1.54, 1.807) is 0 Å². The van der Waals surface area contributed by atoms with E-state index >= 15 is 0 Å². The van der Waals surface area contributed by atoms with Crippen molar-refractivity contribution in [2.24, 2.45) is 0 Å². The van der Waals surface area contributed by atoms with Gasteiger partial charge in [-0.2, -0.15) is 0 Å². The Hall–Kier alpha value is -0.730. The summed E-state index contributed by atoms with van der Waals surface area (Å²) in [6.07, 6.45) is 0.522. The summed E-state index contributed by atoms with van der Waals surface area (Å²) >= 11 is 6.15. The zero-order chi connectivity index (χ0) is 11.0. The summed E-state index contributed by atoms with van der Waals surface area (Å²) in [4.78, 5) is 2.23. The van der Waals surface area contributed by atoms with Crippen LogP contribution in [0.3, 0.4) is 0 Å². The van der Waals surface area contributed by atoms with Gasteiger partial charge in [0.2, 0.25) is 0 Å². The molecule has 1 heterocycles. The van der Waals surface area contributed by atoms with Gasteiger partial charge in [-0.15, -0.1) is 0 Å². The molecule has 2 rings (SSSR count). The second-order valence-electron chi connectivity index (χ2n) is 4.04. The standard InChI is InChI=1S/C12H16ClNO/c1-3-14-11-6-4-5-10(13)9(11)7-12(14)8(2)15/h4-6,8,12,15H,3,7H2,1-2H3. The summed E-state index contributed by atoms with van der Waals surface area (Å²) < 4.78 is 0. The third kappa shape index (κ3) is 1.72. The number of nitrogens with zero attached hydrogens (tertiary/aromatic N) is 1. The van der Waals surface area contributed by atoms with Gasteiger partial charge < -0.3 is 10.0 Å². The fourth-order valence-corrected chi connectivity index (χ4v) is 2.60. The molecule has 2 nitrogen and oxygen atoms in total. The second-order valence-corrected chi connectivity index (χ2v) is 4.44. The van der Waals surface area contributed by atoms with Crippen molar-refractivity contribution >= 4 is 17.3 Å². The van der Waals surface area contributed by atoms with E-state index in [-0.39, 0.29) is 12.1 Å². The molecule has 0 saturated carbocycles. The first-order chi connectivity index (χ1) is 7.15. The number of fused-ring (bicyclic) bond motifs is 1. The van der Waals surface area contributed by atoms with E-state index in [0.29, 0.717) is 0 Å². The normalized spacial score (nSPS) is 21.6. The molecule has 0 fully saturated rings. The molecule has 1 aromatic carbocycles. The molecule has 2 atom stereocenters. The number of halogens is 1. The minimum Gasteiger partial charge on any atom is -0.391 e. The molecular formula is C12H16ClNO. The van der Waals surface area contributed by atoms with Gasteiger partial charge in [0.15, 0.2) is 0 Å². The number of benzene rings is 1. The lowest BCUT2D eigenvalue weighted by molar-refractivity contribution is 0.162. The first-order valence-electron chi connectivity index (χ1n) is 5.37. The van der Waals surface area contributed by atoms with Crippen molar-refractivity contribution in [3.05, 3.63) is 28.8 Å². The van der Waals surface area contributed by atoms with Crippen molar-refractivity contribution in [1.82, 2.24) is 0 Å². The molecule has 82 valence electrons. The molecule has 3 heteroatoms. The molecule has 1 aliphatic heterocycles. The molecule has 0 radical (unpaired) electrons. The summed E-state index contributed by atoms with van der Waals surface area (Å²) in [5, 5.41) is 10.5. The van der Waals surface area contributed by atoms with E-state index in [2.05, 4.69) is 17.9 Å². The number of anilines is 1. The van der Waals surface area contributed by atoms with Gasteiger partial charge in [0.05, 0.1) is 12.1 Å². The van der Waals surface area contributed by atoms with E-state index < -0.39 is 0 Å². The van der Waals surface area contributed by atoms with Crippen LogP contribution in [-0.4, -0.2) is 23.8 Å². The number of hydrogen-bond acceptors (Lipinski definition) is 2. The summed E-state index contributed by atoms with van der Waals surface area (Å²) in [6, 6.07) is 6.13. The monoisotopic (exact) mass is 225 g/mol. The Morgan fingerprint density at radius 1 is 1.60 bits per heavy atom. The lowest BCUT2D eigenvalue weighted by Gasteiger charge is -2.28. The van der Waals surface area contributed by atoms with Gasteiger partial charge in [0.1, 0.15) is 0 Å². The van der Waals surface area contributed by atoms with Crippen molar-refractivity contribution in [3.63, 3.8) is 0 Å². The van der Waals surface area contributed by atoms with Crippen LogP contribution >= 0.6 is 11.6 Å². The lowest BCUT2D eigenvalue weighted by atomic mass is 10.1. The molecular weight excluding hydrogens is 210 g/mol. The van der Waals surface area contributed by atoms with E-state index in [9.17, 15) is 5.11 Å². The highest BCUT2D eigenvalue weighted by molar-refractivity contribution is 6.31. The molecule has 0 spiro atoms. The van der Waals surface area contributed by atoms with Crippen LogP contribution in [0.25, 0.3) is 0 Å². The van der Waals surface area contributed by atoms with Gasteiger partial charge in [-0.1, -0.05) is 17.7 Å².